The Balaban J connectivity index is 1.60. The zero-order valence-corrected chi connectivity index (χ0v) is 18.1. The maximum Gasteiger partial charge on any atom is 0.307 e. The standard InChI is InChI=1S/C29H16BN3O/c1-2-9-18(10-3-1)32-22-14-5-4-11-19(22)30-20-12-7-13-21-27(20)33-28-25-17(16-23(32)26(28)30)8-6-15-24(25)34-29(33)31-21/h1-16H. The Morgan fingerprint density at radius 3 is 2.47 bits per heavy atom. The van der Waals surface area contributed by atoms with Gasteiger partial charge >= 0.3 is 5.84 Å². The highest BCUT2D eigenvalue weighted by atomic mass is 16.3. The zero-order chi connectivity index (χ0) is 22.0. The molecule has 0 aliphatic carbocycles. The third-order valence-corrected chi connectivity index (χ3v) is 7.56. The Morgan fingerprint density at radius 1 is 0.706 bits per heavy atom. The summed E-state index contributed by atoms with van der Waals surface area (Å²) in [5, 5.41) is 2.34. The molecule has 0 N–H and O–H groups in total. The van der Waals surface area contributed by atoms with Gasteiger partial charge in [0.1, 0.15) is 5.58 Å². The SMILES string of the molecule is c1ccc(N2c3ccccc3B3c4cccc5nc6oc7cccc8cc2c3c(c87)n6c45)cc1. The highest BCUT2D eigenvalue weighted by Gasteiger charge is 2.41. The molecule has 0 amide bonds. The summed E-state index contributed by atoms with van der Waals surface area (Å²) >= 11 is 0. The van der Waals surface area contributed by atoms with Crippen molar-refractivity contribution >= 4 is 78.9 Å². The number of rotatable bonds is 1. The number of imidazole rings is 1. The lowest BCUT2D eigenvalue weighted by Crippen LogP contribution is -2.59. The van der Waals surface area contributed by atoms with Crippen molar-refractivity contribution in [1.82, 2.24) is 9.38 Å². The van der Waals surface area contributed by atoms with E-state index in [4.69, 9.17) is 9.40 Å². The minimum absolute atomic E-state index is 0.137. The van der Waals surface area contributed by atoms with Crippen LogP contribution in [0.3, 0.4) is 0 Å². The van der Waals surface area contributed by atoms with Crippen molar-refractivity contribution in [3.8, 4) is 0 Å². The van der Waals surface area contributed by atoms with Gasteiger partial charge in [-0.2, -0.15) is 4.98 Å². The lowest BCUT2D eigenvalue weighted by Gasteiger charge is -2.39. The van der Waals surface area contributed by atoms with Crippen molar-refractivity contribution in [3.63, 3.8) is 0 Å². The Labute approximate surface area is 194 Å². The van der Waals surface area contributed by atoms with Gasteiger partial charge in [0.25, 0.3) is 6.71 Å². The van der Waals surface area contributed by atoms with Gasteiger partial charge in [-0.3, -0.25) is 4.40 Å². The molecule has 7 aromatic rings. The van der Waals surface area contributed by atoms with Crippen molar-refractivity contribution in [1.29, 1.82) is 0 Å². The lowest BCUT2D eigenvalue weighted by atomic mass is 9.34. The molecule has 0 radical (unpaired) electrons. The van der Waals surface area contributed by atoms with E-state index in [2.05, 4.69) is 106 Å². The van der Waals surface area contributed by atoms with Crippen LogP contribution in [0.4, 0.5) is 17.1 Å². The minimum Gasteiger partial charge on any atom is -0.424 e. The van der Waals surface area contributed by atoms with E-state index in [1.807, 2.05) is 0 Å². The van der Waals surface area contributed by atoms with Gasteiger partial charge in [-0.1, -0.05) is 60.7 Å². The van der Waals surface area contributed by atoms with Crippen LogP contribution in [0.25, 0.3) is 38.7 Å². The number of hydrogen-bond donors (Lipinski definition) is 0. The Hall–Kier alpha value is -4.51. The number of anilines is 3. The first-order chi connectivity index (χ1) is 16.9. The third-order valence-electron chi connectivity index (χ3n) is 7.56. The smallest absolute Gasteiger partial charge is 0.307 e. The van der Waals surface area contributed by atoms with Crippen LogP contribution in [0, 0.1) is 0 Å². The van der Waals surface area contributed by atoms with Crippen molar-refractivity contribution < 1.29 is 4.42 Å². The molecule has 0 unspecified atom stereocenters. The molecule has 0 spiro atoms. The van der Waals surface area contributed by atoms with Crippen LogP contribution in [0.15, 0.2) is 101 Å². The maximum absolute atomic E-state index is 6.36. The summed E-state index contributed by atoms with van der Waals surface area (Å²) in [7, 11) is 0. The van der Waals surface area contributed by atoms with Gasteiger partial charge in [0.05, 0.1) is 16.6 Å². The van der Waals surface area contributed by atoms with Crippen LogP contribution >= 0.6 is 0 Å². The van der Waals surface area contributed by atoms with E-state index >= 15 is 0 Å². The molecule has 0 fully saturated rings. The van der Waals surface area contributed by atoms with Gasteiger partial charge in [-0.15, -0.1) is 0 Å². The van der Waals surface area contributed by atoms with Gasteiger partial charge < -0.3 is 9.32 Å². The predicted octanol–water partition coefficient (Wildman–Crippen LogP) is 5.00. The summed E-state index contributed by atoms with van der Waals surface area (Å²) in [6, 6.07) is 34.6. The molecular weight excluding hydrogens is 417 g/mol. The van der Waals surface area contributed by atoms with E-state index < -0.39 is 0 Å². The van der Waals surface area contributed by atoms with Crippen molar-refractivity contribution in [2.45, 2.75) is 0 Å². The second kappa shape index (κ2) is 5.70. The normalized spacial score (nSPS) is 13.8. The highest BCUT2D eigenvalue weighted by Crippen LogP contribution is 2.42. The lowest BCUT2D eigenvalue weighted by molar-refractivity contribution is 0.624. The number of para-hydroxylation sites is 3. The summed E-state index contributed by atoms with van der Waals surface area (Å²) in [5.74, 6) is 0.652. The van der Waals surface area contributed by atoms with Crippen LogP contribution in [0.1, 0.15) is 0 Å². The molecule has 4 heterocycles. The molecule has 0 atom stereocenters. The molecule has 2 aliphatic heterocycles. The van der Waals surface area contributed by atoms with E-state index in [9.17, 15) is 0 Å². The van der Waals surface area contributed by atoms with Crippen molar-refractivity contribution in [2.24, 2.45) is 0 Å². The maximum atomic E-state index is 6.36. The largest absolute Gasteiger partial charge is 0.424 e. The summed E-state index contributed by atoms with van der Waals surface area (Å²) < 4.78 is 8.62. The molecule has 34 heavy (non-hydrogen) atoms. The van der Waals surface area contributed by atoms with E-state index in [-0.39, 0.29) is 6.71 Å². The fourth-order valence-corrected chi connectivity index (χ4v) is 6.33. The minimum atomic E-state index is 0.137. The molecule has 9 rings (SSSR count). The molecule has 2 aliphatic rings. The first-order valence-electron chi connectivity index (χ1n) is 11.6. The molecule has 0 bridgehead atoms. The van der Waals surface area contributed by atoms with Crippen molar-refractivity contribution in [3.05, 3.63) is 97.1 Å². The summed E-state index contributed by atoms with van der Waals surface area (Å²) in [4.78, 5) is 7.33. The molecule has 5 aromatic carbocycles. The van der Waals surface area contributed by atoms with E-state index in [0.29, 0.717) is 5.84 Å². The number of hydrogen-bond acceptors (Lipinski definition) is 3. The van der Waals surface area contributed by atoms with E-state index in [1.54, 1.807) is 0 Å². The first-order valence-corrected chi connectivity index (χ1v) is 11.6. The summed E-state index contributed by atoms with van der Waals surface area (Å²) in [6.07, 6.45) is 0. The topological polar surface area (TPSA) is 33.7 Å². The van der Waals surface area contributed by atoms with Gasteiger partial charge in [-0.25, -0.2) is 0 Å². The van der Waals surface area contributed by atoms with Crippen LogP contribution in [-0.4, -0.2) is 16.1 Å². The Kier molecular flexibility index (Phi) is 2.85. The quantitative estimate of drug-likeness (QED) is 0.342. The number of benzene rings is 5. The highest BCUT2D eigenvalue weighted by molar-refractivity contribution is 7.01. The monoisotopic (exact) mass is 433 g/mol. The van der Waals surface area contributed by atoms with Crippen LogP contribution in [0.5, 0.6) is 0 Å². The summed E-state index contributed by atoms with van der Waals surface area (Å²) in [5.41, 5.74) is 11.8. The third kappa shape index (κ3) is 1.84. The van der Waals surface area contributed by atoms with Crippen LogP contribution < -0.4 is 21.3 Å². The number of nitrogens with zero attached hydrogens (tertiary/aromatic N) is 3. The van der Waals surface area contributed by atoms with Gasteiger partial charge in [0.2, 0.25) is 0 Å². The molecule has 4 nitrogen and oxygen atoms in total. The second-order valence-electron chi connectivity index (χ2n) is 9.22. The van der Waals surface area contributed by atoms with Gasteiger partial charge in [-0.05, 0) is 58.2 Å². The van der Waals surface area contributed by atoms with Gasteiger partial charge in [0.15, 0.2) is 0 Å². The molecule has 2 aromatic heterocycles. The Morgan fingerprint density at radius 2 is 1.53 bits per heavy atom. The van der Waals surface area contributed by atoms with E-state index in [0.717, 1.165) is 22.3 Å². The zero-order valence-electron chi connectivity index (χ0n) is 18.1. The number of aromatic nitrogens is 2. The van der Waals surface area contributed by atoms with Crippen molar-refractivity contribution in [2.75, 3.05) is 4.90 Å². The molecule has 0 saturated heterocycles. The van der Waals surface area contributed by atoms with Crippen LogP contribution in [-0.2, 0) is 0 Å². The van der Waals surface area contributed by atoms with Crippen LogP contribution in [0.2, 0.25) is 0 Å². The average molecular weight is 433 g/mol. The fraction of sp³-hybridized carbons (Fsp3) is 0. The molecule has 0 saturated carbocycles. The van der Waals surface area contributed by atoms with Gasteiger partial charge in [0, 0.05) is 22.4 Å². The first kappa shape index (κ1) is 17.0. The molecule has 156 valence electrons. The molecule has 5 heteroatoms. The second-order valence-corrected chi connectivity index (χ2v) is 9.22. The van der Waals surface area contributed by atoms with E-state index in [1.165, 1.54) is 44.1 Å². The Bertz CT molecular complexity index is 1990. The summed E-state index contributed by atoms with van der Waals surface area (Å²) in [6.45, 7) is 0.137. The molecular formula is C29H16BN3O. The fourth-order valence-electron chi connectivity index (χ4n) is 6.33. The predicted molar refractivity (Wildman–Crippen MR) is 139 cm³/mol. The average Bonchev–Trinajstić information content (AvgIpc) is 3.26. The number of fused-ring (bicyclic) bond motifs is 3.